The van der Waals surface area contributed by atoms with Crippen LogP contribution in [0.15, 0.2) is 18.2 Å². The lowest BCUT2D eigenvalue weighted by Gasteiger charge is -2.11. The molecule has 7 heteroatoms. The molecular formula is C13H13NO6. The molecule has 1 aromatic carbocycles. The summed E-state index contributed by atoms with van der Waals surface area (Å²) < 4.78 is 9.39. The summed E-state index contributed by atoms with van der Waals surface area (Å²) in [6.07, 6.45) is -0.746. The molecule has 7 nitrogen and oxygen atoms in total. The molecule has 1 aliphatic rings. The molecule has 0 aromatic heterocycles. The van der Waals surface area contributed by atoms with Gasteiger partial charge in [0.25, 0.3) is 5.91 Å². The zero-order chi connectivity index (χ0) is 14.7. The predicted molar refractivity (Wildman–Crippen MR) is 66.2 cm³/mol. The summed E-state index contributed by atoms with van der Waals surface area (Å²) in [6, 6.07) is 4.45. The number of hydrogen-bond acceptors (Lipinski definition) is 6. The summed E-state index contributed by atoms with van der Waals surface area (Å²) in [6.45, 7) is 1.45. The minimum Gasteiger partial charge on any atom is -0.507 e. The van der Waals surface area contributed by atoms with Gasteiger partial charge < -0.3 is 14.6 Å². The monoisotopic (exact) mass is 279 g/mol. The Labute approximate surface area is 114 Å². The lowest BCUT2D eigenvalue weighted by atomic mass is 10.1. The number of cyclic esters (lactones) is 1. The van der Waals surface area contributed by atoms with Gasteiger partial charge in [0.1, 0.15) is 17.9 Å². The molecule has 0 aliphatic carbocycles. The lowest BCUT2D eigenvalue weighted by molar-refractivity contribution is -0.131. The minimum absolute atomic E-state index is 0.0261. The Morgan fingerprint density at radius 3 is 2.85 bits per heavy atom. The number of amides is 2. The van der Waals surface area contributed by atoms with Crippen molar-refractivity contribution in [3.8, 4) is 5.75 Å². The van der Waals surface area contributed by atoms with Crippen LogP contribution in [0.4, 0.5) is 4.79 Å². The van der Waals surface area contributed by atoms with Gasteiger partial charge in [-0.05, 0) is 19.1 Å². The number of phenolic OH excluding ortho intramolecular Hbond substituents is 1. The maximum absolute atomic E-state index is 11.7. The number of carbonyl (C=O) groups excluding carboxylic acids is 3. The SMILES string of the molecule is Cc1ccc(O)c(C(=O)OCC(=O)N2CCOC2=O)c1. The topological polar surface area (TPSA) is 93.1 Å². The highest BCUT2D eigenvalue weighted by Gasteiger charge is 2.29. The van der Waals surface area contributed by atoms with Gasteiger partial charge in [-0.1, -0.05) is 11.6 Å². The molecule has 1 aliphatic heterocycles. The van der Waals surface area contributed by atoms with Crippen LogP contribution in [0.2, 0.25) is 0 Å². The molecule has 2 rings (SSSR count). The molecule has 0 unspecified atom stereocenters. The van der Waals surface area contributed by atoms with E-state index < -0.39 is 24.6 Å². The van der Waals surface area contributed by atoms with E-state index in [1.54, 1.807) is 13.0 Å². The van der Waals surface area contributed by atoms with Crippen molar-refractivity contribution in [1.29, 1.82) is 0 Å². The van der Waals surface area contributed by atoms with Crippen LogP contribution in [0.25, 0.3) is 0 Å². The third-order valence-electron chi connectivity index (χ3n) is 2.76. The molecule has 20 heavy (non-hydrogen) atoms. The molecule has 0 bridgehead atoms. The fraction of sp³-hybridized carbons (Fsp3) is 0.308. The Morgan fingerprint density at radius 2 is 2.20 bits per heavy atom. The standard InChI is InChI=1S/C13H13NO6/c1-8-2-3-10(15)9(6-8)12(17)20-7-11(16)14-4-5-19-13(14)18/h2-3,6,15H,4-5,7H2,1H3. The fourth-order valence-electron chi connectivity index (χ4n) is 1.72. The number of nitrogens with zero attached hydrogens (tertiary/aromatic N) is 1. The second-order valence-corrected chi connectivity index (χ2v) is 4.26. The summed E-state index contributed by atoms with van der Waals surface area (Å²) in [7, 11) is 0. The molecule has 1 heterocycles. The van der Waals surface area contributed by atoms with E-state index >= 15 is 0 Å². The summed E-state index contributed by atoms with van der Waals surface area (Å²) in [5.41, 5.74) is 0.742. The van der Waals surface area contributed by atoms with E-state index in [-0.39, 0.29) is 24.5 Å². The van der Waals surface area contributed by atoms with Gasteiger partial charge in [0.2, 0.25) is 0 Å². The van der Waals surface area contributed by atoms with Crippen molar-refractivity contribution in [3.05, 3.63) is 29.3 Å². The smallest absolute Gasteiger partial charge is 0.416 e. The Hall–Kier alpha value is -2.57. The number of phenols is 1. The van der Waals surface area contributed by atoms with Crippen LogP contribution >= 0.6 is 0 Å². The Kier molecular flexibility index (Phi) is 3.88. The van der Waals surface area contributed by atoms with Gasteiger partial charge >= 0.3 is 12.1 Å². The second-order valence-electron chi connectivity index (χ2n) is 4.26. The quantitative estimate of drug-likeness (QED) is 0.824. The highest BCUT2D eigenvalue weighted by Crippen LogP contribution is 2.19. The van der Waals surface area contributed by atoms with Crippen molar-refractivity contribution >= 4 is 18.0 Å². The number of imide groups is 1. The number of carbonyl (C=O) groups is 3. The predicted octanol–water partition coefficient (Wildman–Crippen LogP) is 0.836. The molecule has 2 amide bonds. The van der Waals surface area contributed by atoms with E-state index in [0.29, 0.717) is 0 Å². The molecule has 1 fully saturated rings. The third kappa shape index (κ3) is 2.87. The summed E-state index contributed by atoms with van der Waals surface area (Å²) >= 11 is 0. The van der Waals surface area contributed by atoms with E-state index in [1.165, 1.54) is 12.1 Å². The van der Waals surface area contributed by atoms with Crippen LogP contribution in [0.5, 0.6) is 5.75 Å². The van der Waals surface area contributed by atoms with Crippen molar-refractivity contribution in [3.63, 3.8) is 0 Å². The van der Waals surface area contributed by atoms with Gasteiger partial charge in [0, 0.05) is 0 Å². The normalized spacial score (nSPS) is 14.1. The maximum atomic E-state index is 11.7. The van der Waals surface area contributed by atoms with Crippen molar-refractivity contribution in [2.45, 2.75) is 6.92 Å². The number of aromatic hydroxyl groups is 1. The van der Waals surface area contributed by atoms with Crippen LogP contribution in [-0.2, 0) is 14.3 Å². The Bertz CT molecular complexity index is 568. The van der Waals surface area contributed by atoms with E-state index in [2.05, 4.69) is 4.74 Å². The third-order valence-corrected chi connectivity index (χ3v) is 2.76. The van der Waals surface area contributed by atoms with Crippen LogP contribution in [0, 0.1) is 6.92 Å². The molecule has 1 aromatic rings. The zero-order valence-corrected chi connectivity index (χ0v) is 10.8. The van der Waals surface area contributed by atoms with Gasteiger partial charge in [-0.15, -0.1) is 0 Å². The number of ether oxygens (including phenoxy) is 2. The number of esters is 1. The fourth-order valence-corrected chi connectivity index (χ4v) is 1.72. The Balaban J connectivity index is 1.97. The van der Waals surface area contributed by atoms with E-state index in [1.807, 2.05) is 0 Å². The van der Waals surface area contributed by atoms with Crippen LogP contribution in [0.3, 0.4) is 0 Å². The Morgan fingerprint density at radius 1 is 1.45 bits per heavy atom. The first-order valence-corrected chi connectivity index (χ1v) is 5.93. The molecule has 1 saturated heterocycles. The molecule has 106 valence electrons. The van der Waals surface area contributed by atoms with Crippen molar-refractivity contribution in [2.24, 2.45) is 0 Å². The number of benzene rings is 1. The average molecular weight is 279 g/mol. The molecule has 0 atom stereocenters. The minimum atomic E-state index is -0.827. The molecule has 0 saturated carbocycles. The number of rotatable bonds is 3. The van der Waals surface area contributed by atoms with Crippen LogP contribution in [-0.4, -0.2) is 47.7 Å². The van der Waals surface area contributed by atoms with Gasteiger partial charge in [-0.25, -0.2) is 14.5 Å². The van der Waals surface area contributed by atoms with Gasteiger partial charge in [0.05, 0.1) is 6.54 Å². The molecule has 1 N–H and O–H groups in total. The number of aryl methyl sites for hydroxylation is 1. The first-order chi connectivity index (χ1) is 9.49. The summed E-state index contributed by atoms with van der Waals surface area (Å²) in [5.74, 6) is -1.71. The van der Waals surface area contributed by atoms with Crippen LogP contribution in [0.1, 0.15) is 15.9 Å². The summed E-state index contributed by atoms with van der Waals surface area (Å²) in [5, 5.41) is 9.55. The van der Waals surface area contributed by atoms with Crippen molar-refractivity contribution < 1.29 is 29.0 Å². The van der Waals surface area contributed by atoms with E-state index in [9.17, 15) is 19.5 Å². The zero-order valence-electron chi connectivity index (χ0n) is 10.8. The maximum Gasteiger partial charge on any atom is 0.416 e. The van der Waals surface area contributed by atoms with Gasteiger partial charge in [0.15, 0.2) is 6.61 Å². The number of hydrogen-bond donors (Lipinski definition) is 1. The van der Waals surface area contributed by atoms with Crippen molar-refractivity contribution in [1.82, 2.24) is 4.90 Å². The first kappa shape index (κ1) is 13.9. The lowest BCUT2D eigenvalue weighted by Crippen LogP contribution is -2.35. The molecule has 0 radical (unpaired) electrons. The largest absolute Gasteiger partial charge is 0.507 e. The first-order valence-electron chi connectivity index (χ1n) is 5.93. The van der Waals surface area contributed by atoms with Gasteiger partial charge in [-0.3, -0.25) is 4.79 Å². The molecule has 0 spiro atoms. The second kappa shape index (κ2) is 5.60. The van der Waals surface area contributed by atoms with Gasteiger partial charge in [-0.2, -0.15) is 0 Å². The van der Waals surface area contributed by atoms with Crippen LogP contribution < -0.4 is 0 Å². The summed E-state index contributed by atoms with van der Waals surface area (Å²) in [4.78, 5) is 35.4. The van der Waals surface area contributed by atoms with E-state index in [0.717, 1.165) is 10.5 Å². The van der Waals surface area contributed by atoms with E-state index in [4.69, 9.17) is 4.74 Å². The highest BCUT2D eigenvalue weighted by atomic mass is 16.6. The van der Waals surface area contributed by atoms with Crippen molar-refractivity contribution in [2.75, 3.05) is 19.8 Å². The average Bonchev–Trinajstić information content (AvgIpc) is 2.84. The molecular weight excluding hydrogens is 266 g/mol. The highest BCUT2D eigenvalue weighted by molar-refractivity contribution is 5.97.